The first-order valence-corrected chi connectivity index (χ1v) is 9.56. The minimum Gasteiger partial charge on any atom is -0.493 e. The van der Waals surface area contributed by atoms with Crippen molar-refractivity contribution in [3.05, 3.63) is 59.2 Å². The number of Topliss-reactive ketones (excluding diaryl/α,β-unsaturated/α-hetero) is 1. The third-order valence-electron chi connectivity index (χ3n) is 5.53. The molecule has 2 aliphatic rings. The molecule has 5 rings (SSSR count). The molecule has 0 spiro atoms. The third kappa shape index (κ3) is 2.90. The normalized spacial score (nSPS) is 20.5. The summed E-state index contributed by atoms with van der Waals surface area (Å²) in [6.07, 6.45) is 2.55. The van der Waals surface area contributed by atoms with Gasteiger partial charge in [-0.1, -0.05) is 12.1 Å². The summed E-state index contributed by atoms with van der Waals surface area (Å²) in [5, 5.41) is 14.4. The van der Waals surface area contributed by atoms with Gasteiger partial charge in [-0.3, -0.25) is 4.79 Å². The molecule has 9 nitrogen and oxygen atoms in total. The van der Waals surface area contributed by atoms with E-state index in [0.717, 1.165) is 17.0 Å². The lowest BCUT2D eigenvalue weighted by molar-refractivity contribution is -0.116. The zero-order chi connectivity index (χ0) is 20.7. The number of methoxy groups -OCH3 is 2. The summed E-state index contributed by atoms with van der Waals surface area (Å²) < 4.78 is 21.6. The second-order valence-corrected chi connectivity index (χ2v) is 7.18. The lowest BCUT2D eigenvalue weighted by Crippen LogP contribution is -2.27. The molecule has 154 valence electrons. The maximum atomic E-state index is 13.4. The number of carbonyl (C=O) groups excluding carboxylic acids is 1. The highest BCUT2D eigenvalue weighted by Gasteiger charge is 2.39. The van der Waals surface area contributed by atoms with Gasteiger partial charge in [0.25, 0.3) is 0 Å². The molecule has 0 saturated heterocycles. The number of nitrogens with one attached hydrogen (secondary N) is 2. The lowest BCUT2D eigenvalue weighted by atomic mass is 9.80. The van der Waals surface area contributed by atoms with E-state index >= 15 is 0 Å². The van der Waals surface area contributed by atoms with Crippen LogP contribution in [-0.2, 0) is 4.79 Å². The fraction of sp³-hybridized carbons (Fsp3) is 0.286. The SMILES string of the molecule is COc1cccc([C@@H]2Nc3nonc3NC3=C2C(=O)C[C@@H](c2ccco2)C3)c1OC. The van der Waals surface area contributed by atoms with E-state index in [-0.39, 0.29) is 11.7 Å². The first-order valence-electron chi connectivity index (χ1n) is 9.56. The third-order valence-corrected chi connectivity index (χ3v) is 5.53. The van der Waals surface area contributed by atoms with Gasteiger partial charge in [0, 0.05) is 29.2 Å². The highest BCUT2D eigenvalue weighted by molar-refractivity contribution is 6.01. The first kappa shape index (κ1) is 18.3. The Hall–Kier alpha value is -3.75. The molecule has 2 atom stereocenters. The number of anilines is 2. The van der Waals surface area contributed by atoms with Crippen LogP contribution in [0.3, 0.4) is 0 Å². The number of rotatable bonds is 4. The van der Waals surface area contributed by atoms with E-state index in [1.54, 1.807) is 20.5 Å². The molecule has 0 unspecified atom stereocenters. The molecule has 0 fully saturated rings. The topological polar surface area (TPSA) is 112 Å². The van der Waals surface area contributed by atoms with Gasteiger partial charge in [0.15, 0.2) is 17.3 Å². The fourth-order valence-corrected chi connectivity index (χ4v) is 4.20. The van der Waals surface area contributed by atoms with Crippen LogP contribution >= 0.6 is 0 Å². The van der Waals surface area contributed by atoms with Gasteiger partial charge in [0.05, 0.1) is 26.5 Å². The quantitative estimate of drug-likeness (QED) is 0.668. The second kappa shape index (κ2) is 7.25. The molecular formula is C21H20N4O5. The first-order chi connectivity index (χ1) is 14.7. The monoisotopic (exact) mass is 408 g/mol. The number of para-hydroxylation sites is 1. The number of ketones is 1. The molecule has 30 heavy (non-hydrogen) atoms. The maximum absolute atomic E-state index is 13.4. The van der Waals surface area contributed by atoms with E-state index in [0.29, 0.717) is 41.5 Å². The number of ether oxygens (including phenoxy) is 2. The molecule has 3 heterocycles. The van der Waals surface area contributed by atoms with Crippen LogP contribution in [0.5, 0.6) is 11.5 Å². The van der Waals surface area contributed by atoms with Gasteiger partial charge in [-0.05, 0) is 34.9 Å². The maximum Gasteiger partial charge on any atom is 0.219 e. The summed E-state index contributed by atoms with van der Waals surface area (Å²) in [6, 6.07) is 8.77. The zero-order valence-electron chi connectivity index (χ0n) is 16.5. The van der Waals surface area contributed by atoms with E-state index in [1.165, 1.54) is 0 Å². The minimum atomic E-state index is -0.518. The van der Waals surface area contributed by atoms with E-state index in [2.05, 4.69) is 20.9 Å². The number of fused-ring (bicyclic) bond motifs is 1. The van der Waals surface area contributed by atoms with Crippen LogP contribution in [0.4, 0.5) is 11.6 Å². The minimum absolute atomic E-state index is 0.00890. The van der Waals surface area contributed by atoms with Crippen LogP contribution in [0.1, 0.15) is 36.1 Å². The molecule has 0 bridgehead atoms. The number of hydrogen-bond donors (Lipinski definition) is 2. The van der Waals surface area contributed by atoms with Crippen LogP contribution in [0.2, 0.25) is 0 Å². The molecule has 1 aliphatic heterocycles. The van der Waals surface area contributed by atoms with E-state index in [1.807, 2.05) is 30.3 Å². The molecule has 9 heteroatoms. The molecule has 1 aromatic carbocycles. The zero-order valence-corrected chi connectivity index (χ0v) is 16.5. The average molecular weight is 408 g/mol. The smallest absolute Gasteiger partial charge is 0.219 e. The van der Waals surface area contributed by atoms with Crippen LogP contribution in [-0.4, -0.2) is 30.3 Å². The highest BCUT2D eigenvalue weighted by Crippen LogP contribution is 2.46. The van der Waals surface area contributed by atoms with Crippen LogP contribution in [0.25, 0.3) is 0 Å². The summed E-state index contributed by atoms with van der Waals surface area (Å²) in [6.45, 7) is 0. The Balaban J connectivity index is 1.65. The van der Waals surface area contributed by atoms with Crippen LogP contribution in [0, 0.1) is 0 Å². The van der Waals surface area contributed by atoms with Crippen molar-refractivity contribution in [3.63, 3.8) is 0 Å². The van der Waals surface area contributed by atoms with Gasteiger partial charge in [-0.15, -0.1) is 0 Å². The number of carbonyl (C=O) groups is 1. The summed E-state index contributed by atoms with van der Waals surface area (Å²) >= 11 is 0. The summed E-state index contributed by atoms with van der Waals surface area (Å²) in [4.78, 5) is 13.4. The summed E-state index contributed by atoms with van der Waals surface area (Å²) in [5.41, 5.74) is 2.13. The van der Waals surface area contributed by atoms with Gasteiger partial charge >= 0.3 is 0 Å². The number of allylic oxidation sites excluding steroid dienone is 1. The lowest BCUT2D eigenvalue weighted by Gasteiger charge is -2.29. The van der Waals surface area contributed by atoms with Crippen molar-refractivity contribution in [2.24, 2.45) is 0 Å². The Morgan fingerprint density at radius 3 is 2.70 bits per heavy atom. The molecule has 2 N–H and O–H groups in total. The summed E-state index contributed by atoms with van der Waals surface area (Å²) in [7, 11) is 3.15. The number of nitrogens with zero attached hydrogens (tertiary/aromatic N) is 2. The molecular weight excluding hydrogens is 388 g/mol. The Morgan fingerprint density at radius 2 is 1.93 bits per heavy atom. The van der Waals surface area contributed by atoms with E-state index in [4.69, 9.17) is 18.5 Å². The Kier molecular flexibility index (Phi) is 4.42. The summed E-state index contributed by atoms with van der Waals surface area (Å²) in [5.74, 6) is 2.70. The Bertz CT molecular complexity index is 1120. The van der Waals surface area contributed by atoms with Crippen molar-refractivity contribution in [2.45, 2.75) is 24.8 Å². The van der Waals surface area contributed by atoms with Crippen LogP contribution in [0.15, 0.2) is 56.9 Å². The number of furan rings is 1. The van der Waals surface area contributed by atoms with Crippen molar-refractivity contribution < 1.29 is 23.3 Å². The van der Waals surface area contributed by atoms with Gasteiger partial charge in [0.1, 0.15) is 5.76 Å². The second-order valence-electron chi connectivity index (χ2n) is 7.18. The van der Waals surface area contributed by atoms with Crippen molar-refractivity contribution in [2.75, 3.05) is 24.9 Å². The highest BCUT2D eigenvalue weighted by atomic mass is 16.6. The molecule has 3 aromatic rings. The van der Waals surface area contributed by atoms with E-state index < -0.39 is 6.04 Å². The molecule has 2 aromatic heterocycles. The van der Waals surface area contributed by atoms with Crippen molar-refractivity contribution in [1.29, 1.82) is 0 Å². The molecule has 0 radical (unpaired) electrons. The fourth-order valence-electron chi connectivity index (χ4n) is 4.20. The molecule has 0 saturated carbocycles. The van der Waals surface area contributed by atoms with Gasteiger partial charge in [-0.25, -0.2) is 4.63 Å². The van der Waals surface area contributed by atoms with Gasteiger partial charge in [-0.2, -0.15) is 0 Å². The van der Waals surface area contributed by atoms with Crippen LogP contribution < -0.4 is 20.1 Å². The largest absolute Gasteiger partial charge is 0.493 e. The van der Waals surface area contributed by atoms with Crippen molar-refractivity contribution in [1.82, 2.24) is 10.3 Å². The predicted octanol–water partition coefficient (Wildman–Crippen LogP) is 3.66. The standard InChI is InChI=1S/C21H20N4O5/c1-27-16-6-3-5-12(19(16)28-2)18-17-13(22-20-21(23-18)25-30-24-20)9-11(10-14(17)26)15-7-4-8-29-15/h3-8,11,18H,9-10H2,1-2H3,(H,22,24)(H,23,25)/t11-,18-/m0/s1. The number of benzene rings is 1. The van der Waals surface area contributed by atoms with Gasteiger partial charge in [0.2, 0.25) is 11.6 Å². The Morgan fingerprint density at radius 1 is 1.07 bits per heavy atom. The number of hydrogen-bond acceptors (Lipinski definition) is 9. The van der Waals surface area contributed by atoms with E-state index in [9.17, 15) is 4.79 Å². The molecule has 0 amide bonds. The molecule has 1 aliphatic carbocycles. The Labute approximate surface area is 172 Å². The van der Waals surface area contributed by atoms with Gasteiger partial charge < -0.3 is 24.5 Å². The average Bonchev–Trinajstić information content (AvgIpc) is 3.42. The number of aromatic nitrogens is 2. The van der Waals surface area contributed by atoms with Crippen molar-refractivity contribution >= 4 is 17.4 Å². The predicted molar refractivity (Wildman–Crippen MR) is 107 cm³/mol. The van der Waals surface area contributed by atoms with Crippen molar-refractivity contribution in [3.8, 4) is 11.5 Å².